The molecule has 23 heavy (non-hydrogen) atoms. The predicted molar refractivity (Wildman–Crippen MR) is 96.7 cm³/mol. The van der Waals surface area contributed by atoms with Crippen LogP contribution in [0.1, 0.15) is 25.8 Å². The molecule has 128 valence electrons. The molecule has 0 aliphatic carbocycles. The summed E-state index contributed by atoms with van der Waals surface area (Å²) < 4.78 is 26.2. The third kappa shape index (κ3) is 6.09. The lowest BCUT2D eigenvalue weighted by Gasteiger charge is -2.33. The molecule has 1 fully saturated rings. The molecule has 1 aliphatic rings. The number of benzene rings is 1. The Morgan fingerprint density at radius 2 is 1.74 bits per heavy atom. The highest BCUT2D eigenvalue weighted by Crippen LogP contribution is 2.12. The van der Waals surface area contributed by atoms with Gasteiger partial charge in [0.05, 0.1) is 5.75 Å². The summed E-state index contributed by atoms with van der Waals surface area (Å²) in [6.45, 7) is 7.83. The van der Waals surface area contributed by atoms with E-state index in [1.165, 1.54) is 5.56 Å². The summed E-state index contributed by atoms with van der Waals surface area (Å²) in [7, 11) is -3.08. The molecule has 1 saturated heterocycles. The van der Waals surface area contributed by atoms with Crippen LogP contribution in [0.4, 0.5) is 0 Å². The van der Waals surface area contributed by atoms with E-state index < -0.39 is 10.0 Å². The summed E-state index contributed by atoms with van der Waals surface area (Å²) in [6, 6.07) is 10.2. The van der Waals surface area contributed by atoms with Gasteiger partial charge in [0.1, 0.15) is 0 Å². The van der Waals surface area contributed by atoms with Crippen LogP contribution in [0.25, 0.3) is 6.08 Å². The summed E-state index contributed by atoms with van der Waals surface area (Å²) in [5.74, 6) is 0.702. The Hall–Kier alpha value is -1.17. The Labute approximate surface area is 140 Å². The largest absolute Gasteiger partial charge is 0.297 e. The molecular weight excluding hydrogens is 308 g/mol. The van der Waals surface area contributed by atoms with Crippen LogP contribution in [0, 0.1) is 5.92 Å². The average molecular weight is 337 g/mol. The van der Waals surface area contributed by atoms with Crippen LogP contribution >= 0.6 is 0 Å². The van der Waals surface area contributed by atoms with Crippen molar-refractivity contribution in [3.63, 3.8) is 0 Å². The van der Waals surface area contributed by atoms with Crippen molar-refractivity contribution in [2.75, 3.05) is 38.5 Å². The summed E-state index contributed by atoms with van der Waals surface area (Å²) in [5, 5.41) is 0. The predicted octanol–water partition coefficient (Wildman–Crippen LogP) is 2.69. The molecule has 0 aromatic heterocycles. The van der Waals surface area contributed by atoms with Crippen molar-refractivity contribution in [2.24, 2.45) is 5.92 Å². The number of sulfonamides is 1. The van der Waals surface area contributed by atoms with Crippen LogP contribution in [-0.2, 0) is 10.0 Å². The van der Waals surface area contributed by atoms with E-state index in [2.05, 4.69) is 43.0 Å². The molecule has 1 aliphatic heterocycles. The first-order valence-electron chi connectivity index (χ1n) is 8.39. The maximum atomic E-state index is 12.3. The maximum Gasteiger partial charge on any atom is 0.214 e. The minimum Gasteiger partial charge on any atom is -0.297 e. The van der Waals surface area contributed by atoms with Gasteiger partial charge in [-0.3, -0.25) is 4.90 Å². The minimum atomic E-state index is -3.08. The third-order valence-corrected chi connectivity index (χ3v) is 6.05. The van der Waals surface area contributed by atoms with E-state index in [9.17, 15) is 8.42 Å². The van der Waals surface area contributed by atoms with E-state index >= 15 is 0 Å². The van der Waals surface area contributed by atoms with E-state index in [4.69, 9.17) is 0 Å². The Bertz CT molecular complexity index is 589. The SMILES string of the molecule is CC(C)CCS(=O)(=O)N1CCN(C/C=C/c2ccccc2)CC1. The van der Waals surface area contributed by atoms with Crippen molar-refractivity contribution in [3.8, 4) is 0 Å². The molecule has 1 heterocycles. The molecule has 0 unspecified atom stereocenters. The third-order valence-electron chi connectivity index (χ3n) is 4.15. The highest BCUT2D eigenvalue weighted by Gasteiger charge is 2.26. The van der Waals surface area contributed by atoms with Gasteiger partial charge in [0, 0.05) is 32.7 Å². The first kappa shape index (κ1) is 18.2. The lowest BCUT2D eigenvalue weighted by Crippen LogP contribution is -2.49. The second kappa shape index (κ2) is 8.62. The van der Waals surface area contributed by atoms with Gasteiger partial charge in [-0.15, -0.1) is 0 Å². The topological polar surface area (TPSA) is 40.6 Å². The molecule has 0 bridgehead atoms. The van der Waals surface area contributed by atoms with Gasteiger partial charge in [0.2, 0.25) is 10.0 Å². The second-order valence-corrected chi connectivity index (χ2v) is 8.60. The molecule has 5 heteroatoms. The summed E-state index contributed by atoms with van der Waals surface area (Å²) in [6.07, 6.45) is 5.01. The van der Waals surface area contributed by atoms with Gasteiger partial charge in [-0.1, -0.05) is 56.3 Å². The lowest BCUT2D eigenvalue weighted by atomic mass is 10.2. The van der Waals surface area contributed by atoms with Crippen molar-refractivity contribution < 1.29 is 8.42 Å². The first-order chi connectivity index (χ1) is 11.0. The van der Waals surface area contributed by atoms with Crippen molar-refractivity contribution in [1.82, 2.24) is 9.21 Å². The summed E-state index contributed by atoms with van der Waals surface area (Å²) >= 11 is 0. The molecule has 0 atom stereocenters. The Balaban J connectivity index is 1.76. The van der Waals surface area contributed by atoms with Gasteiger partial charge in [-0.25, -0.2) is 8.42 Å². The van der Waals surface area contributed by atoms with Crippen LogP contribution in [0.15, 0.2) is 36.4 Å². The zero-order valence-corrected chi connectivity index (χ0v) is 15.0. The zero-order chi connectivity index (χ0) is 16.7. The van der Waals surface area contributed by atoms with Crippen molar-refractivity contribution >= 4 is 16.1 Å². The quantitative estimate of drug-likeness (QED) is 0.769. The number of piperazine rings is 1. The Morgan fingerprint density at radius 1 is 1.09 bits per heavy atom. The molecular formula is C18H28N2O2S. The highest BCUT2D eigenvalue weighted by molar-refractivity contribution is 7.89. The van der Waals surface area contributed by atoms with E-state index in [-0.39, 0.29) is 5.75 Å². The molecule has 2 rings (SSSR count). The van der Waals surface area contributed by atoms with E-state index in [1.54, 1.807) is 4.31 Å². The normalized spacial score (nSPS) is 18.0. The molecule has 4 nitrogen and oxygen atoms in total. The van der Waals surface area contributed by atoms with Crippen LogP contribution < -0.4 is 0 Å². The monoisotopic (exact) mass is 336 g/mol. The maximum absolute atomic E-state index is 12.3. The number of hydrogen-bond acceptors (Lipinski definition) is 3. The number of rotatable bonds is 7. The molecule has 0 amide bonds. The molecule has 0 spiro atoms. The fourth-order valence-electron chi connectivity index (χ4n) is 2.61. The molecule has 1 aromatic carbocycles. The van der Waals surface area contributed by atoms with Gasteiger partial charge in [-0.2, -0.15) is 4.31 Å². The van der Waals surface area contributed by atoms with Crippen LogP contribution in [0.2, 0.25) is 0 Å². The Kier molecular flexibility index (Phi) is 6.81. The number of nitrogens with zero attached hydrogens (tertiary/aromatic N) is 2. The average Bonchev–Trinajstić information content (AvgIpc) is 2.55. The van der Waals surface area contributed by atoms with E-state index in [0.717, 1.165) is 26.1 Å². The van der Waals surface area contributed by atoms with Gasteiger partial charge < -0.3 is 0 Å². The van der Waals surface area contributed by atoms with E-state index in [1.807, 2.05) is 18.2 Å². The molecule has 0 radical (unpaired) electrons. The fraction of sp³-hybridized carbons (Fsp3) is 0.556. The highest BCUT2D eigenvalue weighted by atomic mass is 32.2. The van der Waals surface area contributed by atoms with Crippen LogP contribution in [0.5, 0.6) is 0 Å². The lowest BCUT2D eigenvalue weighted by molar-refractivity contribution is 0.204. The van der Waals surface area contributed by atoms with Crippen molar-refractivity contribution in [1.29, 1.82) is 0 Å². The zero-order valence-electron chi connectivity index (χ0n) is 14.2. The second-order valence-electron chi connectivity index (χ2n) is 6.51. The first-order valence-corrected chi connectivity index (χ1v) is 10.00. The number of hydrogen-bond donors (Lipinski definition) is 0. The molecule has 0 saturated carbocycles. The Morgan fingerprint density at radius 3 is 2.35 bits per heavy atom. The molecule has 0 N–H and O–H groups in total. The smallest absolute Gasteiger partial charge is 0.214 e. The standard InChI is InChI=1S/C18H28N2O2S/c1-17(2)10-16-23(21,22)20-14-12-19(13-15-20)11-6-9-18-7-4-3-5-8-18/h3-9,17H,10-16H2,1-2H3/b9-6+. The van der Waals surface area contributed by atoms with Gasteiger partial charge in [0.15, 0.2) is 0 Å². The van der Waals surface area contributed by atoms with Gasteiger partial charge in [0.25, 0.3) is 0 Å². The van der Waals surface area contributed by atoms with E-state index in [0.29, 0.717) is 19.0 Å². The van der Waals surface area contributed by atoms with Crippen LogP contribution in [0.3, 0.4) is 0 Å². The van der Waals surface area contributed by atoms with Crippen molar-refractivity contribution in [3.05, 3.63) is 42.0 Å². The van der Waals surface area contributed by atoms with Crippen molar-refractivity contribution in [2.45, 2.75) is 20.3 Å². The van der Waals surface area contributed by atoms with Crippen LogP contribution in [-0.4, -0.2) is 56.1 Å². The molecule has 1 aromatic rings. The summed E-state index contributed by atoms with van der Waals surface area (Å²) in [5.41, 5.74) is 1.20. The van der Waals surface area contributed by atoms with Gasteiger partial charge in [-0.05, 0) is 17.9 Å². The van der Waals surface area contributed by atoms with Gasteiger partial charge >= 0.3 is 0 Å². The fourth-order valence-corrected chi connectivity index (χ4v) is 4.35. The summed E-state index contributed by atoms with van der Waals surface area (Å²) in [4.78, 5) is 2.30. The minimum absolute atomic E-state index is 0.276.